The number of aromatic nitrogens is 3. The minimum absolute atomic E-state index is 0.383. The molecule has 0 N–H and O–H groups in total. The van der Waals surface area contributed by atoms with Crippen LogP contribution >= 0.6 is 22.9 Å². The van der Waals surface area contributed by atoms with Crippen LogP contribution in [0.25, 0.3) is 5.13 Å². The van der Waals surface area contributed by atoms with Crippen LogP contribution < -0.4 is 0 Å². The van der Waals surface area contributed by atoms with Crippen molar-refractivity contribution in [2.75, 3.05) is 0 Å². The molecule has 0 aliphatic rings. The van der Waals surface area contributed by atoms with E-state index in [9.17, 15) is 0 Å². The largest absolute Gasteiger partial charge is 0.227 e. The van der Waals surface area contributed by atoms with Gasteiger partial charge in [0, 0.05) is 11.6 Å². The summed E-state index contributed by atoms with van der Waals surface area (Å²) >= 11 is 7.57. The third-order valence-electron chi connectivity index (χ3n) is 1.88. The second kappa shape index (κ2) is 3.71. The maximum Gasteiger partial charge on any atom is 0.211 e. The standard InChI is InChI=1S/C9H10ClN3S/c1-6(2)7-5-8(10)13(12-7)9-11-3-4-14-9/h3-6H,1-2H3. The van der Waals surface area contributed by atoms with Gasteiger partial charge in [0.2, 0.25) is 5.13 Å². The molecule has 2 rings (SSSR count). The lowest BCUT2D eigenvalue weighted by Crippen LogP contribution is -1.97. The third-order valence-corrected chi connectivity index (χ3v) is 2.89. The molecule has 2 aromatic heterocycles. The quantitative estimate of drug-likeness (QED) is 0.789. The molecule has 74 valence electrons. The van der Waals surface area contributed by atoms with Gasteiger partial charge in [-0.2, -0.15) is 9.78 Å². The van der Waals surface area contributed by atoms with E-state index in [4.69, 9.17) is 11.6 Å². The van der Waals surface area contributed by atoms with E-state index in [0.29, 0.717) is 11.1 Å². The van der Waals surface area contributed by atoms with Crippen LogP contribution in [0.4, 0.5) is 0 Å². The maximum absolute atomic E-state index is 6.05. The van der Waals surface area contributed by atoms with Crippen molar-refractivity contribution < 1.29 is 0 Å². The summed E-state index contributed by atoms with van der Waals surface area (Å²) in [5.74, 6) is 0.383. The topological polar surface area (TPSA) is 30.7 Å². The molecule has 0 radical (unpaired) electrons. The first-order chi connectivity index (χ1) is 6.68. The van der Waals surface area contributed by atoms with Crippen molar-refractivity contribution in [2.24, 2.45) is 0 Å². The summed E-state index contributed by atoms with van der Waals surface area (Å²) in [6.45, 7) is 4.18. The maximum atomic E-state index is 6.05. The summed E-state index contributed by atoms with van der Waals surface area (Å²) in [6.07, 6.45) is 1.74. The van der Waals surface area contributed by atoms with Gasteiger partial charge in [0.1, 0.15) is 5.15 Å². The number of thiazole rings is 1. The molecule has 2 aromatic rings. The summed E-state index contributed by atoms with van der Waals surface area (Å²) in [4.78, 5) is 4.15. The van der Waals surface area contributed by atoms with E-state index in [2.05, 4.69) is 23.9 Å². The molecule has 0 aromatic carbocycles. The lowest BCUT2D eigenvalue weighted by Gasteiger charge is -1.97. The fraction of sp³-hybridized carbons (Fsp3) is 0.333. The number of halogens is 1. The minimum Gasteiger partial charge on any atom is -0.227 e. The predicted octanol–water partition coefficient (Wildman–Crippen LogP) is 3.11. The zero-order valence-electron chi connectivity index (χ0n) is 7.94. The van der Waals surface area contributed by atoms with Gasteiger partial charge in [0.25, 0.3) is 0 Å². The molecule has 0 unspecified atom stereocenters. The van der Waals surface area contributed by atoms with E-state index in [-0.39, 0.29) is 0 Å². The van der Waals surface area contributed by atoms with Crippen molar-refractivity contribution in [3.05, 3.63) is 28.5 Å². The van der Waals surface area contributed by atoms with Crippen LogP contribution in [0.15, 0.2) is 17.6 Å². The first kappa shape index (κ1) is 9.68. The van der Waals surface area contributed by atoms with Gasteiger partial charge in [0.15, 0.2) is 0 Å². The van der Waals surface area contributed by atoms with Crippen molar-refractivity contribution >= 4 is 22.9 Å². The molecule has 0 amide bonds. The Kier molecular flexibility index (Phi) is 2.56. The van der Waals surface area contributed by atoms with Crippen LogP contribution in [-0.2, 0) is 0 Å². The molecule has 0 atom stereocenters. The first-order valence-electron chi connectivity index (χ1n) is 4.34. The molecule has 0 spiro atoms. The van der Waals surface area contributed by atoms with Gasteiger partial charge in [-0.1, -0.05) is 25.4 Å². The monoisotopic (exact) mass is 227 g/mol. The minimum atomic E-state index is 0.383. The number of hydrogen-bond donors (Lipinski definition) is 0. The van der Waals surface area contributed by atoms with E-state index in [1.54, 1.807) is 10.9 Å². The Labute approximate surface area is 91.4 Å². The van der Waals surface area contributed by atoms with E-state index < -0.39 is 0 Å². The molecular formula is C9H10ClN3S. The Bertz CT molecular complexity index is 419. The summed E-state index contributed by atoms with van der Waals surface area (Å²) in [5.41, 5.74) is 0.991. The summed E-state index contributed by atoms with van der Waals surface area (Å²) < 4.78 is 1.67. The van der Waals surface area contributed by atoms with Gasteiger partial charge in [-0.05, 0) is 12.0 Å². The highest BCUT2D eigenvalue weighted by Gasteiger charge is 2.11. The number of rotatable bonds is 2. The number of nitrogens with zero attached hydrogens (tertiary/aromatic N) is 3. The smallest absolute Gasteiger partial charge is 0.211 e. The molecular weight excluding hydrogens is 218 g/mol. The van der Waals surface area contributed by atoms with E-state index >= 15 is 0 Å². The molecule has 0 fully saturated rings. The Morgan fingerprint density at radius 2 is 2.29 bits per heavy atom. The zero-order valence-corrected chi connectivity index (χ0v) is 9.51. The molecule has 2 heterocycles. The highest BCUT2D eigenvalue weighted by atomic mass is 35.5. The van der Waals surface area contributed by atoms with Crippen molar-refractivity contribution in [2.45, 2.75) is 19.8 Å². The van der Waals surface area contributed by atoms with Crippen molar-refractivity contribution in [1.29, 1.82) is 0 Å². The van der Waals surface area contributed by atoms with Crippen LogP contribution in [0, 0.1) is 0 Å². The molecule has 0 saturated carbocycles. The average molecular weight is 228 g/mol. The molecule has 5 heteroatoms. The fourth-order valence-corrected chi connectivity index (χ4v) is 2.00. The Morgan fingerprint density at radius 3 is 2.79 bits per heavy atom. The fourth-order valence-electron chi connectivity index (χ4n) is 1.11. The van der Waals surface area contributed by atoms with Crippen LogP contribution in [-0.4, -0.2) is 14.8 Å². The van der Waals surface area contributed by atoms with Gasteiger partial charge in [0.05, 0.1) is 5.69 Å². The van der Waals surface area contributed by atoms with Crippen LogP contribution in [0.5, 0.6) is 0 Å². The lowest BCUT2D eigenvalue weighted by molar-refractivity contribution is 0.766. The van der Waals surface area contributed by atoms with Crippen LogP contribution in [0.3, 0.4) is 0 Å². The molecule has 14 heavy (non-hydrogen) atoms. The van der Waals surface area contributed by atoms with Gasteiger partial charge in [-0.3, -0.25) is 0 Å². The number of hydrogen-bond acceptors (Lipinski definition) is 3. The van der Waals surface area contributed by atoms with Gasteiger partial charge in [-0.15, -0.1) is 11.3 Å². The molecule has 3 nitrogen and oxygen atoms in total. The van der Waals surface area contributed by atoms with E-state index in [1.165, 1.54) is 11.3 Å². The highest BCUT2D eigenvalue weighted by molar-refractivity contribution is 7.12. The lowest BCUT2D eigenvalue weighted by atomic mass is 10.1. The first-order valence-corrected chi connectivity index (χ1v) is 5.59. The second-order valence-corrected chi connectivity index (χ2v) is 4.53. The SMILES string of the molecule is CC(C)c1cc(Cl)n(-c2nccs2)n1. The van der Waals surface area contributed by atoms with Gasteiger partial charge in [-0.25, -0.2) is 4.98 Å². The van der Waals surface area contributed by atoms with E-state index in [1.807, 2.05) is 11.4 Å². The molecule has 0 saturated heterocycles. The van der Waals surface area contributed by atoms with Crippen LogP contribution in [0.1, 0.15) is 25.5 Å². The molecule has 0 aliphatic heterocycles. The normalized spacial score (nSPS) is 11.1. The van der Waals surface area contributed by atoms with Gasteiger partial charge >= 0.3 is 0 Å². The molecule has 0 bridgehead atoms. The Balaban J connectivity index is 2.45. The predicted molar refractivity (Wildman–Crippen MR) is 58.3 cm³/mol. The Morgan fingerprint density at radius 1 is 1.50 bits per heavy atom. The second-order valence-electron chi connectivity index (χ2n) is 3.27. The summed E-state index contributed by atoms with van der Waals surface area (Å²) in [6, 6.07) is 1.88. The zero-order chi connectivity index (χ0) is 10.1. The van der Waals surface area contributed by atoms with Crippen molar-refractivity contribution in [3.8, 4) is 5.13 Å². The summed E-state index contributed by atoms with van der Waals surface area (Å²) in [5, 5.41) is 7.71. The van der Waals surface area contributed by atoms with Crippen molar-refractivity contribution in [3.63, 3.8) is 0 Å². The molecule has 0 aliphatic carbocycles. The Hall–Kier alpha value is -0.870. The van der Waals surface area contributed by atoms with E-state index in [0.717, 1.165) is 10.8 Å². The average Bonchev–Trinajstić information content (AvgIpc) is 2.71. The van der Waals surface area contributed by atoms with Gasteiger partial charge < -0.3 is 0 Å². The van der Waals surface area contributed by atoms with Crippen LogP contribution in [0.2, 0.25) is 5.15 Å². The summed E-state index contributed by atoms with van der Waals surface area (Å²) in [7, 11) is 0. The highest BCUT2D eigenvalue weighted by Crippen LogP contribution is 2.22. The third kappa shape index (κ3) is 1.67. The van der Waals surface area contributed by atoms with Crippen molar-refractivity contribution in [1.82, 2.24) is 14.8 Å².